The smallest absolute Gasteiger partial charge is 0.338 e. The first-order valence-corrected chi connectivity index (χ1v) is 8.13. The Morgan fingerprint density at radius 1 is 1.23 bits per heavy atom. The molecule has 1 amide bonds. The Labute approximate surface area is 133 Å². The molecule has 0 bridgehead atoms. The molecule has 0 spiro atoms. The molecular formula is C17H17NO3S. The Kier molecular flexibility index (Phi) is 4.24. The summed E-state index contributed by atoms with van der Waals surface area (Å²) in [5, 5.41) is 2.05. The predicted molar refractivity (Wildman–Crippen MR) is 84.8 cm³/mol. The first-order valence-electron chi connectivity index (χ1n) is 7.25. The number of fused-ring (bicyclic) bond motifs is 1. The molecule has 1 atom stereocenters. The van der Waals surface area contributed by atoms with E-state index in [-0.39, 0.29) is 5.91 Å². The summed E-state index contributed by atoms with van der Waals surface area (Å²) in [6.07, 6.45) is 0.103. The van der Waals surface area contributed by atoms with Gasteiger partial charge in [0, 0.05) is 18.0 Å². The van der Waals surface area contributed by atoms with Crippen LogP contribution in [0, 0.1) is 0 Å². The largest absolute Gasteiger partial charge is 0.449 e. The molecule has 1 aromatic carbocycles. The summed E-state index contributed by atoms with van der Waals surface area (Å²) in [6.45, 7) is 2.91. The van der Waals surface area contributed by atoms with Crippen molar-refractivity contribution in [1.29, 1.82) is 0 Å². The highest BCUT2D eigenvalue weighted by Gasteiger charge is 2.27. The fourth-order valence-corrected chi connectivity index (χ4v) is 3.44. The highest BCUT2D eigenvalue weighted by Crippen LogP contribution is 2.24. The number of rotatable bonds is 3. The van der Waals surface area contributed by atoms with Crippen LogP contribution in [0.5, 0.6) is 0 Å². The number of amides is 1. The highest BCUT2D eigenvalue weighted by atomic mass is 32.1. The van der Waals surface area contributed by atoms with Crippen molar-refractivity contribution in [1.82, 2.24) is 4.90 Å². The lowest BCUT2D eigenvalue weighted by atomic mass is 10.1. The summed E-state index contributed by atoms with van der Waals surface area (Å²) in [5.74, 6) is -0.601. The number of hydrogen-bond acceptors (Lipinski definition) is 4. The lowest BCUT2D eigenvalue weighted by molar-refractivity contribution is -0.140. The number of thiophene rings is 1. The molecule has 1 aliphatic heterocycles. The van der Waals surface area contributed by atoms with Gasteiger partial charge in [-0.1, -0.05) is 18.2 Å². The van der Waals surface area contributed by atoms with Gasteiger partial charge >= 0.3 is 5.97 Å². The van der Waals surface area contributed by atoms with Gasteiger partial charge in [0.2, 0.25) is 0 Å². The van der Waals surface area contributed by atoms with Crippen LogP contribution >= 0.6 is 11.3 Å². The molecule has 4 nitrogen and oxygen atoms in total. The fourth-order valence-electron chi connectivity index (χ4n) is 2.55. The maximum atomic E-state index is 12.4. The maximum absolute atomic E-state index is 12.4. The van der Waals surface area contributed by atoms with E-state index >= 15 is 0 Å². The van der Waals surface area contributed by atoms with Crippen LogP contribution in [0.1, 0.15) is 27.7 Å². The predicted octanol–water partition coefficient (Wildman–Crippen LogP) is 2.88. The second kappa shape index (κ2) is 6.32. The van der Waals surface area contributed by atoms with E-state index in [1.807, 2.05) is 6.07 Å². The molecule has 0 saturated carbocycles. The van der Waals surface area contributed by atoms with Crippen molar-refractivity contribution in [3.05, 3.63) is 57.8 Å². The van der Waals surface area contributed by atoms with Gasteiger partial charge in [0.05, 0.1) is 5.56 Å². The Morgan fingerprint density at radius 3 is 2.77 bits per heavy atom. The van der Waals surface area contributed by atoms with E-state index in [4.69, 9.17) is 4.74 Å². The van der Waals surface area contributed by atoms with Crippen LogP contribution in [0.25, 0.3) is 0 Å². The van der Waals surface area contributed by atoms with E-state index in [2.05, 4.69) is 11.4 Å². The molecule has 0 radical (unpaired) electrons. The second-order valence-electron chi connectivity index (χ2n) is 5.29. The van der Waals surface area contributed by atoms with Gasteiger partial charge in [-0.25, -0.2) is 4.79 Å². The molecule has 0 saturated heterocycles. The van der Waals surface area contributed by atoms with Gasteiger partial charge in [-0.05, 0) is 42.5 Å². The summed E-state index contributed by atoms with van der Waals surface area (Å²) in [6, 6.07) is 10.8. The molecule has 2 aromatic rings. The fraction of sp³-hybridized carbons (Fsp3) is 0.294. The average molecular weight is 315 g/mol. The molecule has 0 N–H and O–H groups in total. The van der Waals surface area contributed by atoms with Gasteiger partial charge in [0.15, 0.2) is 6.10 Å². The lowest BCUT2D eigenvalue weighted by Crippen LogP contribution is -2.42. The molecular weight excluding hydrogens is 298 g/mol. The first kappa shape index (κ1) is 14.8. The van der Waals surface area contributed by atoms with Crippen molar-refractivity contribution >= 4 is 23.2 Å². The third-order valence-electron chi connectivity index (χ3n) is 3.76. The minimum Gasteiger partial charge on any atom is -0.449 e. The Bertz CT molecular complexity index is 680. The van der Waals surface area contributed by atoms with E-state index in [9.17, 15) is 9.59 Å². The van der Waals surface area contributed by atoms with E-state index in [1.165, 1.54) is 10.4 Å². The molecule has 5 heteroatoms. The molecule has 1 aliphatic rings. The van der Waals surface area contributed by atoms with Crippen molar-refractivity contribution in [3.8, 4) is 0 Å². The minimum absolute atomic E-state index is 0.138. The number of esters is 1. The minimum atomic E-state index is -0.770. The third-order valence-corrected chi connectivity index (χ3v) is 4.78. The lowest BCUT2D eigenvalue weighted by Gasteiger charge is -2.29. The number of carbonyl (C=O) groups is 2. The molecule has 0 fully saturated rings. The molecule has 1 aromatic heterocycles. The van der Waals surface area contributed by atoms with Gasteiger partial charge in [-0.15, -0.1) is 11.3 Å². The number of benzene rings is 1. The van der Waals surface area contributed by atoms with Gasteiger partial charge in [0.25, 0.3) is 5.91 Å². The third kappa shape index (κ3) is 3.04. The number of nitrogens with zero attached hydrogens (tertiary/aromatic N) is 1. The van der Waals surface area contributed by atoms with Crippen LogP contribution in [0.4, 0.5) is 0 Å². The van der Waals surface area contributed by atoms with Crippen molar-refractivity contribution in [2.45, 2.75) is 26.0 Å². The zero-order valence-electron chi connectivity index (χ0n) is 12.3. The highest BCUT2D eigenvalue weighted by molar-refractivity contribution is 7.10. The summed E-state index contributed by atoms with van der Waals surface area (Å²) in [7, 11) is 0. The van der Waals surface area contributed by atoms with Crippen LogP contribution in [-0.4, -0.2) is 29.4 Å². The van der Waals surface area contributed by atoms with Crippen LogP contribution < -0.4 is 0 Å². The Morgan fingerprint density at radius 2 is 2.00 bits per heavy atom. The molecule has 0 aliphatic carbocycles. The normalized spacial score (nSPS) is 15.0. The van der Waals surface area contributed by atoms with E-state index in [0.29, 0.717) is 18.7 Å². The van der Waals surface area contributed by atoms with E-state index in [0.717, 1.165) is 6.42 Å². The van der Waals surface area contributed by atoms with Crippen molar-refractivity contribution in [2.75, 3.05) is 6.54 Å². The molecule has 114 valence electrons. The maximum Gasteiger partial charge on any atom is 0.338 e. The summed E-state index contributed by atoms with van der Waals surface area (Å²) < 4.78 is 5.29. The van der Waals surface area contributed by atoms with E-state index < -0.39 is 12.1 Å². The zero-order valence-corrected chi connectivity index (χ0v) is 13.1. The van der Waals surface area contributed by atoms with Crippen LogP contribution in [-0.2, 0) is 22.5 Å². The molecule has 0 unspecified atom stereocenters. The summed E-state index contributed by atoms with van der Waals surface area (Å²) in [4.78, 5) is 27.6. The average Bonchev–Trinajstić information content (AvgIpc) is 3.02. The number of carbonyl (C=O) groups excluding carboxylic acids is 2. The molecule has 22 heavy (non-hydrogen) atoms. The Hall–Kier alpha value is -2.14. The van der Waals surface area contributed by atoms with Crippen LogP contribution in [0.15, 0.2) is 41.8 Å². The zero-order chi connectivity index (χ0) is 15.5. The number of ether oxygens (including phenoxy) is 1. The van der Waals surface area contributed by atoms with Gasteiger partial charge in [-0.3, -0.25) is 4.79 Å². The SMILES string of the molecule is C[C@@H](OC(=O)c1ccccc1)C(=O)N1CCc2sccc2C1. The van der Waals surface area contributed by atoms with Gasteiger partial charge in [-0.2, -0.15) is 0 Å². The van der Waals surface area contributed by atoms with Gasteiger partial charge < -0.3 is 9.64 Å². The van der Waals surface area contributed by atoms with Gasteiger partial charge in [0.1, 0.15) is 0 Å². The molecule has 3 rings (SSSR count). The van der Waals surface area contributed by atoms with Crippen molar-refractivity contribution in [3.63, 3.8) is 0 Å². The quantitative estimate of drug-likeness (QED) is 0.818. The number of hydrogen-bond donors (Lipinski definition) is 0. The summed E-state index contributed by atoms with van der Waals surface area (Å²) in [5.41, 5.74) is 1.66. The Balaban J connectivity index is 1.62. The van der Waals surface area contributed by atoms with Crippen molar-refractivity contribution in [2.24, 2.45) is 0 Å². The topological polar surface area (TPSA) is 46.6 Å². The standard InChI is InChI=1S/C17H17NO3S/c1-12(21-17(20)13-5-3-2-4-6-13)16(19)18-9-7-15-14(11-18)8-10-22-15/h2-6,8,10,12H,7,9,11H2,1H3/t12-/m1/s1. The van der Waals surface area contributed by atoms with Crippen LogP contribution in [0.3, 0.4) is 0 Å². The second-order valence-corrected chi connectivity index (χ2v) is 6.29. The summed E-state index contributed by atoms with van der Waals surface area (Å²) >= 11 is 1.73. The first-order chi connectivity index (χ1) is 10.6. The van der Waals surface area contributed by atoms with Crippen LogP contribution in [0.2, 0.25) is 0 Å². The monoisotopic (exact) mass is 315 g/mol. The van der Waals surface area contributed by atoms with E-state index in [1.54, 1.807) is 47.4 Å². The molecule has 2 heterocycles. The van der Waals surface area contributed by atoms with Crippen molar-refractivity contribution < 1.29 is 14.3 Å².